The molecule has 1 heterocycles. The quantitative estimate of drug-likeness (QED) is 0.521. The zero-order valence-electron chi connectivity index (χ0n) is 14.0. The molecule has 1 aliphatic carbocycles. The van der Waals surface area contributed by atoms with Gasteiger partial charge in [0, 0.05) is 18.0 Å². The van der Waals surface area contributed by atoms with Crippen molar-refractivity contribution in [3.05, 3.63) is 77.4 Å². The molecule has 24 heavy (non-hydrogen) atoms. The van der Waals surface area contributed by atoms with Gasteiger partial charge in [0.1, 0.15) is 0 Å². The Hall–Kier alpha value is -2.68. The molecule has 0 N–H and O–H groups in total. The summed E-state index contributed by atoms with van der Waals surface area (Å²) >= 11 is 0. The topological polar surface area (TPSA) is 34.9 Å². The van der Waals surface area contributed by atoms with Crippen molar-refractivity contribution in [3.63, 3.8) is 0 Å². The molecule has 4 rings (SSSR count). The van der Waals surface area contributed by atoms with Crippen molar-refractivity contribution < 1.29 is 4.79 Å². The average molecular weight is 316 g/mol. The highest BCUT2D eigenvalue weighted by molar-refractivity contribution is 5.97. The molecule has 3 nitrogen and oxygen atoms in total. The van der Waals surface area contributed by atoms with Crippen molar-refractivity contribution >= 4 is 5.78 Å². The van der Waals surface area contributed by atoms with Crippen molar-refractivity contribution in [3.8, 4) is 11.1 Å². The lowest BCUT2D eigenvalue weighted by Gasteiger charge is -2.08. The molecule has 0 fully saturated rings. The van der Waals surface area contributed by atoms with Crippen molar-refractivity contribution in [1.29, 1.82) is 0 Å². The lowest BCUT2D eigenvalue weighted by molar-refractivity contribution is 0.0972. The van der Waals surface area contributed by atoms with Gasteiger partial charge in [0.25, 0.3) is 0 Å². The molecule has 0 bridgehead atoms. The van der Waals surface area contributed by atoms with Gasteiger partial charge in [-0.1, -0.05) is 44.2 Å². The fourth-order valence-corrected chi connectivity index (χ4v) is 3.40. The van der Waals surface area contributed by atoms with Crippen LogP contribution in [0.25, 0.3) is 11.1 Å². The predicted octanol–water partition coefficient (Wildman–Crippen LogP) is 4.46. The van der Waals surface area contributed by atoms with E-state index < -0.39 is 0 Å². The molecule has 0 spiro atoms. The first-order valence-corrected chi connectivity index (χ1v) is 8.37. The molecule has 120 valence electrons. The Morgan fingerprint density at radius 2 is 1.88 bits per heavy atom. The number of carbonyl (C=O) groups excluding carboxylic acids is 1. The second-order valence-corrected chi connectivity index (χ2v) is 6.78. The van der Waals surface area contributed by atoms with Crippen LogP contribution in [0.2, 0.25) is 0 Å². The standard InChI is InChI=1S/C21H20N2O/c1-14(2)15-3-5-19-17(9-15)11-18-10-16(4-6-20(18)19)21(24)12-23-8-7-22-13-23/h3-10,13-14H,11-12H2,1-2H3. The molecular formula is C21H20N2O. The molecule has 0 atom stereocenters. The summed E-state index contributed by atoms with van der Waals surface area (Å²) in [5, 5.41) is 0. The highest BCUT2D eigenvalue weighted by atomic mass is 16.1. The van der Waals surface area contributed by atoms with Crippen molar-refractivity contribution in [2.45, 2.75) is 32.7 Å². The highest BCUT2D eigenvalue weighted by Crippen LogP contribution is 2.38. The molecule has 2 aromatic carbocycles. The Labute approximate surface area is 142 Å². The summed E-state index contributed by atoms with van der Waals surface area (Å²) in [4.78, 5) is 16.5. The van der Waals surface area contributed by atoms with Crippen LogP contribution in [-0.4, -0.2) is 15.3 Å². The number of Topliss-reactive ketones (excluding diaryl/α,β-unsaturated/α-hetero) is 1. The molecule has 3 heteroatoms. The summed E-state index contributed by atoms with van der Waals surface area (Å²) in [6.07, 6.45) is 6.10. The Kier molecular flexibility index (Phi) is 3.57. The lowest BCUT2D eigenvalue weighted by atomic mass is 9.97. The molecule has 0 saturated carbocycles. The lowest BCUT2D eigenvalue weighted by Crippen LogP contribution is -2.09. The first kappa shape index (κ1) is 14.9. The highest BCUT2D eigenvalue weighted by Gasteiger charge is 2.20. The monoisotopic (exact) mass is 316 g/mol. The van der Waals surface area contributed by atoms with E-state index in [-0.39, 0.29) is 5.78 Å². The molecule has 1 aliphatic rings. The van der Waals surface area contributed by atoms with Crippen LogP contribution in [-0.2, 0) is 13.0 Å². The van der Waals surface area contributed by atoms with Crippen LogP contribution in [0, 0.1) is 0 Å². The van der Waals surface area contributed by atoms with E-state index in [2.05, 4.69) is 49.2 Å². The largest absolute Gasteiger partial charge is 0.330 e. The van der Waals surface area contributed by atoms with Gasteiger partial charge >= 0.3 is 0 Å². The minimum atomic E-state index is 0.120. The number of ketones is 1. The van der Waals surface area contributed by atoms with Crippen LogP contribution in [0.4, 0.5) is 0 Å². The Balaban J connectivity index is 1.63. The van der Waals surface area contributed by atoms with Gasteiger partial charge in [0.15, 0.2) is 5.78 Å². The summed E-state index contributed by atoms with van der Waals surface area (Å²) in [6.45, 7) is 4.77. The van der Waals surface area contributed by atoms with E-state index in [9.17, 15) is 4.79 Å². The number of rotatable bonds is 4. The molecular weight excluding hydrogens is 296 g/mol. The van der Waals surface area contributed by atoms with Gasteiger partial charge in [-0.3, -0.25) is 4.79 Å². The van der Waals surface area contributed by atoms with E-state index in [0.29, 0.717) is 12.5 Å². The third-order valence-corrected chi connectivity index (χ3v) is 4.78. The van der Waals surface area contributed by atoms with Gasteiger partial charge in [-0.05, 0) is 46.2 Å². The van der Waals surface area contributed by atoms with Crippen LogP contribution in [0.3, 0.4) is 0 Å². The van der Waals surface area contributed by atoms with Crippen LogP contribution in [0.5, 0.6) is 0 Å². The number of hydrogen-bond acceptors (Lipinski definition) is 2. The van der Waals surface area contributed by atoms with Gasteiger partial charge in [0.05, 0.1) is 12.9 Å². The smallest absolute Gasteiger partial charge is 0.182 e. The maximum absolute atomic E-state index is 12.5. The van der Waals surface area contributed by atoms with Crippen LogP contribution < -0.4 is 0 Å². The molecule has 0 radical (unpaired) electrons. The van der Waals surface area contributed by atoms with E-state index in [1.807, 2.05) is 12.3 Å². The Morgan fingerprint density at radius 1 is 1.12 bits per heavy atom. The third-order valence-electron chi connectivity index (χ3n) is 4.78. The van der Waals surface area contributed by atoms with Gasteiger partial charge in [-0.15, -0.1) is 0 Å². The number of hydrogen-bond donors (Lipinski definition) is 0. The summed E-state index contributed by atoms with van der Waals surface area (Å²) in [7, 11) is 0. The molecule has 0 saturated heterocycles. The van der Waals surface area contributed by atoms with E-state index in [1.54, 1.807) is 17.1 Å². The minimum absolute atomic E-state index is 0.120. The number of benzene rings is 2. The summed E-state index contributed by atoms with van der Waals surface area (Å²) in [5.41, 5.74) is 7.34. The normalized spacial score (nSPS) is 12.3. The molecule has 1 aromatic heterocycles. The number of aromatic nitrogens is 2. The SMILES string of the molecule is CC(C)c1ccc2c(c1)Cc1cc(C(=O)Cn3ccnc3)ccc1-2. The van der Waals surface area contributed by atoms with Gasteiger partial charge < -0.3 is 4.57 Å². The first-order valence-electron chi connectivity index (χ1n) is 8.37. The molecule has 0 amide bonds. The molecule has 0 aliphatic heterocycles. The number of nitrogens with zero attached hydrogens (tertiary/aromatic N) is 2. The van der Waals surface area contributed by atoms with Gasteiger partial charge in [-0.25, -0.2) is 4.98 Å². The fourth-order valence-electron chi connectivity index (χ4n) is 3.40. The summed E-state index contributed by atoms with van der Waals surface area (Å²) in [6, 6.07) is 12.9. The van der Waals surface area contributed by atoms with Gasteiger partial charge in [0.2, 0.25) is 0 Å². The fraction of sp³-hybridized carbons (Fsp3) is 0.238. The Morgan fingerprint density at radius 3 is 2.58 bits per heavy atom. The third kappa shape index (κ3) is 2.56. The summed E-state index contributed by atoms with van der Waals surface area (Å²) < 4.78 is 1.80. The number of fused-ring (bicyclic) bond motifs is 3. The second kappa shape index (κ2) is 5.75. The second-order valence-electron chi connectivity index (χ2n) is 6.78. The van der Waals surface area contributed by atoms with E-state index in [4.69, 9.17) is 0 Å². The van der Waals surface area contributed by atoms with Crippen LogP contribution in [0.15, 0.2) is 55.1 Å². The van der Waals surface area contributed by atoms with Crippen LogP contribution in [0.1, 0.15) is 46.8 Å². The maximum atomic E-state index is 12.5. The zero-order chi connectivity index (χ0) is 16.7. The van der Waals surface area contributed by atoms with Gasteiger partial charge in [-0.2, -0.15) is 0 Å². The van der Waals surface area contributed by atoms with Crippen molar-refractivity contribution in [2.75, 3.05) is 0 Å². The predicted molar refractivity (Wildman–Crippen MR) is 95.3 cm³/mol. The maximum Gasteiger partial charge on any atom is 0.182 e. The van der Waals surface area contributed by atoms with Crippen molar-refractivity contribution in [2.24, 2.45) is 0 Å². The first-order chi connectivity index (χ1) is 11.6. The number of carbonyl (C=O) groups is 1. The van der Waals surface area contributed by atoms with E-state index in [1.165, 1.54) is 27.8 Å². The average Bonchev–Trinajstić information content (AvgIpc) is 3.20. The van der Waals surface area contributed by atoms with E-state index >= 15 is 0 Å². The van der Waals surface area contributed by atoms with Crippen LogP contribution >= 0.6 is 0 Å². The summed E-state index contributed by atoms with van der Waals surface area (Å²) in [5.74, 6) is 0.654. The molecule has 0 unspecified atom stereocenters. The van der Waals surface area contributed by atoms with E-state index in [0.717, 1.165) is 12.0 Å². The zero-order valence-corrected chi connectivity index (χ0v) is 14.0. The Bertz CT molecular complexity index is 908. The molecule has 3 aromatic rings. The van der Waals surface area contributed by atoms with Crippen molar-refractivity contribution in [1.82, 2.24) is 9.55 Å². The minimum Gasteiger partial charge on any atom is -0.330 e. The number of imidazole rings is 1.